The lowest BCUT2D eigenvalue weighted by Gasteiger charge is -2.61. The van der Waals surface area contributed by atoms with E-state index in [1.165, 1.54) is 51.4 Å². The highest BCUT2D eigenvalue weighted by atomic mass is 16.5. The zero-order chi connectivity index (χ0) is 17.8. The van der Waals surface area contributed by atoms with Crippen molar-refractivity contribution < 1.29 is 9.53 Å². The highest BCUT2D eigenvalue weighted by Crippen LogP contribution is 2.67. The van der Waals surface area contributed by atoms with Gasteiger partial charge in [0.25, 0.3) is 0 Å². The maximum absolute atomic E-state index is 11.4. The van der Waals surface area contributed by atoms with Gasteiger partial charge in [-0.2, -0.15) is 0 Å². The van der Waals surface area contributed by atoms with Crippen LogP contribution >= 0.6 is 0 Å². The van der Waals surface area contributed by atoms with Gasteiger partial charge < -0.3 is 4.74 Å². The maximum atomic E-state index is 11.4. The van der Waals surface area contributed by atoms with E-state index in [-0.39, 0.29) is 12.1 Å². The third-order valence-electron chi connectivity index (χ3n) is 9.64. The lowest BCUT2D eigenvalue weighted by atomic mass is 9.44. The van der Waals surface area contributed by atoms with E-state index in [2.05, 4.69) is 20.8 Å². The molecule has 0 N–H and O–H groups in total. The SMILES string of the molecule is CC[C@H]1CC[C@H]2[C@@H]3CCC4CC(OC(C)=O)CC[C@]4(C)[C@H]3CC[C@]12C. The quantitative estimate of drug-likeness (QED) is 0.574. The molecule has 2 heteroatoms. The Kier molecular flexibility index (Phi) is 4.48. The van der Waals surface area contributed by atoms with Gasteiger partial charge in [0, 0.05) is 6.92 Å². The first-order valence-corrected chi connectivity index (χ1v) is 11.1. The molecule has 4 aliphatic carbocycles. The molecular weight excluding hydrogens is 308 g/mol. The molecule has 0 aromatic carbocycles. The third-order valence-corrected chi connectivity index (χ3v) is 9.64. The molecule has 0 aromatic rings. The lowest BCUT2D eigenvalue weighted by molar-refractivity contribution is -0.160. The first-order chi connectivity index (χ1) is 11.9. The summed E-state index contributed by atoms with van der Waals surface area (Å²) in [6.07, 6.45) is 13.8. The fourth-order valence-corrected chi connectivity index (χ4v) is 8.34. The summed E-state index contributed by atoms with van der Waals surface area (Å²) in [5.74, 6) is 4.55. The van der Waals surface area contributed by atoms with Gasteiger partial charge in [0.1, 0.15) is 6.10 Å². The van der Waals surface area contributed by atoms with E-state index in [9.17, 15) is 4.79 Å². The summed E-state index contributed by atoms with van der Waals surface area (Å²) in [6.45, 7) is 9.23. The van der Waals surface area contributed by atoms with Crippen LogP contribution < -0.4 is 0 Å². The molecule has 4 fully saturated rings. The van der Waals surface area contributed by atoms with Gasteiger partial charge in [-0.25, -0.2) is 0 Å². The number of fused-ring (bicyclic) bond motifs is 5. The van der Waals surface area contributed by atoms with Crippen LogP contribution in [0.15, 0.2) is 0 Å². The van der Waals surface area contributed by atoms with Crippen molar-refractivity contribution in [2.75, 3.05) is 0 Å². The van der Waals surface area contributed by atoms with E-state index in [0.717, 1.165) is 42.4 Å². The molecule has 0 spiro atoms. The standard InChI is InChI=1S/C23H38O2/c1-5-16-7-9-20-19-8-6-17-14-18(25-15(2)24)10-12-23(17,4)21(19)11-13-22(16,20)3/h16-21H,5-14H2,1-4H3/t16-,17?,18?,19-,20-,21-,22+,23-/m0/s1. The molecule has 4 aliphatic rings. The van der Waals surface area contributed by atoms with Gasteiger partial charge in [0.2, 0.25) is 0 Å². The van der Waals surface area contributed by atoms with Gasteiger partial charge in [-0.15, -0.1) is 0 Å². The largest absolute Gasteiger partial charge is 0.463 e. The molecule has 4 rings (SSSR count). The second-order valence-electron chi connectivity index (χ2n) is 10.4. The number of ether oxygens (including phenoxy) is 1. The summed E-state index contributed by atoms with van der Waals surface area (Å²) in [4.78, 5) is 11.4. The van der Waals surface area contributed by atoms with Crippen LogP contribution in [0.1, 0.15) is 91.9 Å². The van der Waals surface area contributed by atoms with Crippen LogP contribution in [-0.2, 0) is 9.53 Å². The zero-order valence-corrected chi connectivity index (χ0v) is 16.9. The van der Waals surface area contributed by atoms with Gasteiger partial charge in [-0.1, -0.05) is 27.2 Å². The summed E-state index contributed by atoms with van der Waals surface area (Å²) in [5, 5.41) is 0. The zero-order valence-electron chi connectivity index (χ0n) is 16.9. The monoisotopic (exact) mass is 346 g/mol. The van der Waals surface area contributed by atoms with Crippen molar-refractivity contribution in [3.63, 3.8) is 0 Å². The molecule has 2 nitrogen and oxygen atoms in total. The Balaban J connectivity index is 1.53. The van der Waals surface area contributed by atoms with Crippen molar-refractivity contribution in [1.29, 1.82) is 0 Å². The number of carbonyl (C=O) groups is 1. The lowest BCUT2D eigenvalue weighted by Crippen LogP contribution is -2.54. The maximum Gasteiger partial charge on any atom is 0.302 e. The van der Waals surface area contributed by atoms with Crippen molar-refractivity contribution in [2.45, 2.75) is 98.0 Å². The summed E-state index contributed by atoms with van der Waals surface area (Å²) in [7, 11) is 0. The predicted octanol–water partition coefficient (Wildman–Crippen LogP) is 5.99. The predicted molar refractivity (Wildman–Crippen MR) is 101 cm³/mol. The average Bonchev–Trinajstić information content (AvgIpc) is 2.91. The molecule has 0 aliphatic heterocycles. The minimum atomic E-state index is -0.0905. The van der Waals surface area contributed by atoms with Gasteiger partial charge in [0.05, 0.1) is 0 Å². The Bertz CT molecular complexity index is 528. The van der Waals surface area contributed by atoms with Crippen molar-refractivity contribution in [1.82, 2.24) is 0 Å². The Labute approximate surface area is 154 Å². The first-order valence-electron chi connectivity index (χ1n) is 11.1. The first kappa shape index (κ1) is 17.9. The second kappa shape index (κ2) is 6.27. The van der Waals surface area contributed by atoms with E-state index in [0.29, 0.717) is 10.8 Å². The minimum absolute atomic E-state index is 0.0905. The molecule has 0 saturated heterocycles. The molecular formula is C23H38O2. The molecule has 0 radical (unpaired) electrons. The van der Waals surface area contributed by atoms with Crippen LogP contribution in [0.3, 0.4) is 0 Å². The van der Waals surface area contributed by atoms with E-state index in [1.807, 2.05) is 0 Å². The molecule has 25 heavy (non-hydrogen) atoms. The van der Waals surface area contributed by atoms with Crippen molar-refractivity contribution in [3.8, 4) is 0 Å². The van der Waals surface area contributed by atoms with Crippen molar-refractivity contribution in [2.24, 2.45) is 40.4 Å². The molecule has 0 bridgehead atoms. The van der Waals surface area contributed by atoms with Gasteiger partial charge in [-0.05, 0) is 98.2 Å². The fraction of sp³-hybridized carbons (Fsp3) is 0.957. The molecule has 0 aromatic heterocycles. The molecule has 0 heterocycles. The topological polar surface area (TPSA) is 26.3 Å². The normalized spacial score (nSPS) is 52.0. The molecule has 4 saturated carbocycles. The average molecular weight is 347 g/mol. The van der Waals surface area contributed by atoms with Crippen molar-refractivity contribution >= 4 is 5.97 Å². The Morgan fingerprint density at radius 3 is 2.40 bits per heavy atom. The summed E-state index contributed by atoms with van der Waals surface area (Å²) in [5.41, 5.74) is 1.14. The van der Waals surface area contributed by atoms with E-state index in [4.69, 9.17) is 4.74 Å². The molecule has 142 valence electrons. The molecule has 2 unspecified atom stereocenters. The van der Waals surface area contributed by atoms with Crippen molar-refractivity contribution in [3.05, 3.63) is 0 Å². The number of carbonyl (C=O) groups excluding carboxylic acids is 1. The Morgan fingerprint density at radius 2 is 1.68 bits per heavy atom. The highest BCUT2D eigenvalue weighted by molar-refractivity contribution is 5.66. The van der Waals surface area contributed by atoms with Crippen LogP contribution in [0, 0.1) is 40.4 Å². The van der Waals surface area contributed by atoms with E-state index < -0.39 is 0 Å². The number of esters is 1. The van der Waals surface area contributed by atoms with E-state index in [1.54, 1.807) is 6.92 Å². The van der Waals surface area contributed by atoms with Crippen LogP contribution in [-0.4, -0.2) is 12.1 Å². The Morgan fingerprint density at radius 1 is 0.960 bits per heavy atom. The van der Waals surface area contributed by atoms with Crippen LogP contribution in [0.4, 0.5) is 0 Å². The van der Waals surface area contributed by atoms with Crippen LogP contribution in [0.2, 0.25) is 0 Å². The fourth-order valence-electron chi connectivity index (χ4n) is 8.34. The van der Waals surface area contributed by atoms with Gasteiger partial charge in [0.15, 0.2) is 0 Å². The van der Waals surface area contributed by atoms with Gasteiger partial charge >= 0.3 is 5.97 Å². The number of hydrogen-bond donors (Lipinski definition) is 0. The second-order valence-corrected chi connectivity index (χ2v) is 10.4. The third kappa shape index (κ3) is 2.69. The highest BCUT2D eigenvalue weighted by Gasteiger charge is 2.59. The van der Waals surface area contributed by atoms with Crippen LogP contribution in [0.25, 0.3) is 0 Å². The number of rotatable bonds is 2. The smallest absolute Gasteiger partial charge is 0.302 e. The van der Waals surface area contributed by atoms with Gasteiger partial charge in [-0.3, -0.25) is 4.79 Å². The molecule has 0 amide bonds. The van der Waals surface area contributed by atoms with E-state index >= 15 is 0 Å². The summed E-state index contributed by atoms with van der Waals surface area (Å²) < 4.78 is 5.60. The van der Waals surface area contributed by atoms with Crippen LogP contribution in [0.5, 0.6) is 0 Å². The summed E-state index contributed by atoms with van der Waals surface area (Å²) >= 11 is 0. The number of hydrogen-bond acceptors (Lipinski definition) is 2. The summed E-state index contributed by atoms with van der Waals surface area (Å²) in [6, 6.07) is 0. The minimum Gasteiger partial charge on any atom is -0.463 e. The Hall–Kier alpha value is -0.530. The molecule has 8 atom stereocenters.